The third kappa shape index (κ3) is 6.26. The zero-order valence-electron chi connectivity index (χ0n) is 19.0. The SMILES string of the molecule is CCCn1cc(CN=C(NC(=O)c2cccc(F)c2)Nc2ccc(C(C)C)cc2)c(C)n1. The van der Waals surface area contributed by atoms with Crippen LogP contribution in [0.2, 0.25) is 0 Å². The van der Waals surface area contributed by atoms with Crippen molar-refractivity contribution in [2.24, 2.45) is 4.99 Å². The summed E-state index contributed by atoms with van der Waals surface area (Å²) in [6, 6.07) is 13.5. The van der Waals surface area contributed by atoms with Gasteiger partial charge in [0.1, 0.15) is 5.82 Å². The fourth-order valence-electron chi connectivity index (χ4n) is 3.23. The lowest BCUT2D eigenvalue weighted by molar-refractivity contribution is 0.0976. The average molecular weight is 436 g/mol. The molecule has 32 heavy (non-hydrogen) atoms. The number of carbonyl (C=O) groups is 1. The quantitative estimate of drug-likeness (QED) is 0.393. The zero-order chi connectivity index (χ0) is 23.1. The monoisotopic (exact) mass is 435 g/mol. The van der Waals surface area contributed by atoms with E-state index in [1.165, 1.54) is 23.8 Å². The molecule has 0 aliphatic rings. The van der Waals surface area contributed by atoms with Gasteiger partial charge in [-0.05, 0) is 55.2 Å². The van der Waals surface area contributed by atoms with E-state index < -0.39 is 11.7 Å². The van der Waals surface area contributed by atoms with Crippen LogP contribution in [0.1, 0.15) is 60.3 Å². The van der Waals surface area contributed by atoms with E-state index >= 15 is 0 Å². The van der Waals surface area contributed by atoms with Crippen LogP contribution in [0.15, 0.2) is 59.7 Å². The fraction of sp³-hybridized carbons (Fsp3) is 0.320. The van der Waals surface area contributed by atoms with Crippen molar-refractivity contribution in [3.8, 4) is 0 Å². The highest BCUT2D eigenvalue weighted by Crippen LogP contribution is 2.17. The molecule has 3 rings (SSSR count). The third-order valence-corrected chi connectivity index (χ3v) is 5.07. The second-order valence-corrected chi connectivity index (χ2v) is 8.03. The molecular weight excluding hydrogens is 405 g/mol. The molecule has 168 valence electrons. The van der Waals surface area contributed by atoms with E-state index in [1.807, 2.05) is 42.1 Å². The van der Waals surface area contributed by atoms with Gasteiger partial charge in [-0.1, -0.05) is 39.0 Å². The maximum Gasteiger partial charge on any atom is 0.258 e. The predicted molar refractivity (Wildman–Crippen MR) is 126 cm³/mol. The molecule has 0 atom stereocenters. The number of amides is 1. The standard InChI is InChI=1S/C25H30FN5O/c1-5-13-31-16-21(18(4)30-31)15-27-25(28-23-11-9-19(10-12-23)17(2)3)29-24(32)20-7-6-8-22(26)14-20/h6-12,14,16-17H,5,13,15H2,1-4H3,(H2,27,28,29,32). The van der Waals surface area contributed by atoms with E-state index in [4.69, 9.17) is 0 Å². The first kappa shape index (κ1) is 23.2. The van der Waals surface area contributed by atoms with E-state index in [0.717, 1.165) is 29.9 Å². The molecule has 3 aromatic rings. The summed E-state index contributed by atoms with van der Waals surface area (Å²) in [6.45, 7) is 9.51. The zero-order valence-corrected chi connectivity index (χ0v) is 19.0. The number of hydrogen-bond donors (Lipinski definition) is 2. The molecule has 1 heterocycles. The minimum absolute atomic E-state index is 0.224. The van der Waals surface area contributed by atoms with Crippen LogP contribution in [0, 0.1) is 12.7 Å². The van der Waals surface area contributed by atoms with Crippen molar-refractivity contribution in [3.05, 3.63) is 82.9 Å². The smallest absolute Gasteiger partial charge is 0.258 e. The summed E-state index contributed by atoms with van der Waals surface area (Å²) in [7, 11) is 0. The largest absolute Gasteiger partial charge is 0.326 e. The van der Waals surface area contributed by atoms with E-state index in [0.29, 0.717) is 18.4 Å². The molecule has 0 spiro atoms. The topological polar surface area (TPSA) is 71.3 Å². The van der Waals surface area contributed by atoms with Crippen molar-refractivity contribution in [1.29, 1.82) is 0 Å². The first-order valence-electron chi connectivity index (χ1n) is 10.9. The Balaban J connectivity index is 1.82. The van der Waals surface area contributed by atoms with Gasteiger partial charge in [-0.3, -0.25) is 14.8 Å². The highest BCUT2D eigenvalue weighted by Gasteiger charge is 2.12. The number of benzene rings is 2. The Morgan fingerprint density at radius 1 is 1.19 bits per heavy atom. The summed E-state index contributed by atoms with van der Waals surface area (Å²) >= 11 is 0. The Labute approximate surface area is 188 Å². The molecule has 0 unspecified atom stereocenters. The lowest BCUT2D eigenvalue weighted by atomic mass is 10.0. The van der Waals surface area contributed by atoms with Gasteiger partial charge in [0.25, 0.3) is 5.91 Å². The molecule has 1 amide bonds. The molecule has 0 aliphatic carbocycles. The van der Waals surface area contributed by atoms with E-state index in [1.54, 1.807) is 6.07 Å². The Morgan fingerprint density at radius 3 is 2.59 bits per heavy atom. The van der Waals surface area contributed by atoms with Crippen LogP contribution >= 0.6 is 0 Å². The van der Waals surface area contributed by atoms with Crippen LogP contribution in [-0.4, -0.2) is 21.6 Å². The Hall–Kier alpha value is -3.48. The van der Waals surface area contributed by atoms with Gasteiger partial charge in [0.05, 0.1) is 12.2 Å². The molecule has 0 aliphatic heterocycles. The van der Waals surface area contributed by atoms with Crippen LogP contribution in [-0.2, 0) is 13.1 Å². The number of aromatic nitrogens is 2. The highest BCUT2D eigenvalue weighted by atomic mass is 19.1. The maximum atomic E-state index is 13.6. The number of aryl methyl sites for hydroxylation is 2. The third-order valence-electron chi connectivity index (χ3n) is 5.07. The van der Waals surface area contributed by atoms with Crippen LogP contribution in [0.4, 0.5) is 10.1 Å². The molecule has 6 nitrogen and oxygen atoms in total. The minimum atomic E-state index is -0.465. The van der Waals surface area contributed by atoms with Crippen LogP contribution in [0.25, 0.3) is 0 Å². The van der Waals surface area contributed by atoms with Gasteiger partial charge in [0, 0.05) is 29.6 Å². The van der Waals surface area contributed by atoms with Crippen molar-refractivity contribution >= 4 is 17.6 Å². The highest BCUT2D eigenvalue weighted by molar-refractivity contribution is 6.09. The van der Waals surface area contributed by atoms with Crippen LogP contribution < -0.4 is 10.6 Å². The number of aliphatic imine (C=N–C) groups is 1. The average Bonchev–Trinajstić information content (AvgIpc) is 3.11. The number of halogens is 1. The molecule has 7 heteroatoms. The van der Waals surface area contributed by atoms with Gasteiger partial charge in [-0.15, -0.1) is 0 Å². The van der Waals surface area contributed by atoms with Gasteiger partial charge in [-0.2, -0.15) is 5.10 Å². The molecule has 0 radical (unpaired) electrons. The lowest BCUT2D eigenvalue weighted by Gasteiger charge is -2.13. The summed E-state index contributed by atoms with van der Waals surface area (Å²) in [5.74, 6) is -0.188. The normalized spacial score (nSPS) is 11.6. The number of guanidine groups is 1. The Kier molecular flexibility index (Phi) is 7.76. The molecule has 1 aromatic heterocycles. The lowest BCUT2D eigenvalue weighted by Crippen LogP contribution is -2.36. The molecule has 0 saturated heterocycles. The van der Waals surface area contributed by atoms with Crippen molar-refractivity contribution in [1.82, 2.24) is 15.1 Å². The number of nitrogens with one attached hydrogen (secondary N) is 2. The second kappa shape index (κ2) is 10.7. The van der Waals surface area contributed by atoms with E-state index in [2.05, 4.69) is 41.5 Å². The van der Waals surface area contributed by atoms with Crippen molar-refractivity contribution < 1.29 is 9.18 Å². The molecule has 0 fully saturated rings. The van der Waals surface area contributed by atoms with Gasteiger partial charge in [0.2, 0.25) is 5.96 Å². The summed E-state index contributed by atoms with van der Waals surface area (Å²) in [4.78, 5) is 17.3. The van der Waals surface area contributed by atoms with Gasteiger partial charge in [0.15, 0.2) is 0 Å². The molecule has 0 saturated carbocycles. The minimum Gasteiger partial charge on any atom is -0.326 e. The fourth-order valence-corrected chi connectivity index (χ4v) is 3.23. The molecular formula is C25H30FN5O. The summed E-state index contributed by atoms with van der Waals surface area (Å²) in [5.41, 5.74) is 4.12. The van der Waals surface area contributed by atoms with E-state index in [-0.39, 0.29) is 5.56 Å². The molecule has 0 bridgehead atoms. The summed E-state index contributed by atoms with van der Waals surface area (Å²) in [6.07, 6.45) is 2.97. The molecule has 2 N–H and O–H groups in total. The summed E-state index contributed by atoms with van der Waals surface area (Å²) < 4.78 is 15.5. The first-order chi connectivity index (χ1) is 15.4. The number of rotatable bonds is 7. The Morgan fingerprint density at radius 2 is 1.94 bits per heavy atom. The van der Waals surface area contributed by atoms with Gasteiger partial charge < -0.3 is 5.32 Å². The Bertz CT molecular complexity index is 1090. The van der Waals surface area contributed by atoms with Crippen molar-refractivity contribution in [2.45, 2.75) is 53.1 Å². The number of nitrogens with zero attached hydrogens (tertiary/aromatic N) is 3. The number of hydrogen-bond acceptors (Lipinski definition) is 3. The number of anilines is 1. The van der Waals surface area contributed by atoms with Crippen molar-refractivity contribution in [2.75, 3.05) is 5.32 Å². The molecule has 2 aromatic carbocycles. The summed E-state index contributed by atoms with van der Waals surface area (Å²) in [5, 5.41) is 10.5. The second-order valence-electron chi connectivity index (χ2n) is 8.03. The van der Waals surface area contributed by atoms with Crippen LogP contribution in [0.5, 0.6) is 0 Å². The van der Waals surface area contributed by atoms with Crippen LogP contribution in [0.3, 0.4) is 0 Å². The van der Waals surface area contributed by atoms with Gasteiger partial charge in [-0.25, -0.2) is 9.38 Å². The van der Waals surface area contributed by atoms with E-state index in [9.17, 15) is 9.18 Å². The maximum absolute atomic E-state index is 13.6. The predicted octanol–water partition coefficient (Wildman–Crippen LogP) is 5.26. The van der Waals surface area contributed by atoms with Gasteiger partial charge >= 0.3 is 0 Å². The number of carbonyl (C=O) groups excluding carboxylic acids is 1. The van der Waals surface area contributed by atoms with Crippen molar-refractivity contribution in [3.63, 3.8) is 0 Å². The first-order valence-corrected chi connectivity index (χ1v) is 10.9.